The highest BCUT2D eigenvalue weighted by atomic mass is 16.6. The molecular formula is C19H20O7. The number of Topliss-reactive ketones (excluding diaryl/α,β-unsaturated/α-hetero) is 1. The lowest BCUT2D eigenvalue weighted by Gasteiger charge is -2.31. The largest absolute Gasteiger partial charge is 0.479 e. The monoisotopic (exact) mass is 360 g/mol. The van der Waals surface area contributed by atoms with E-state index in [4.69, 9.17) is 14.2 Å². The van der Waals surface area contributed by atoms with Crippen molar-refractivity contribution in [2.45, 2.75) is 37.6 Å². The fourth-order valence-corrected chi connectivity index (χ4v) is 3.97. The predicted molar refractivity (Wildman–Crippen MR) is 87.7 cm³/mol. The smallest absolute Gasteiger partial charge is 0.334 e. The molecule has 2 bridgehead atoms. The van der Waals surface area contributed by atoms with Crippen LogP contribution in [0.5, 0.6) is 0 Å². The number of aliphatic hydroxyl groups is 1. The van der Waals surface area contributed by atoms with Gasteiger partial charge in [0.25, 0.3) is 0 Å². The van der Waals surface area contributed by atoms with E-state index in [1.165, 1.54) is 6.08 Å². The van der Waals surface area contributed by atoms with Gasteiger partial charge in [0.1, 0.15) is 17.5 Å². The number of ether oxygens (including phenoxy) is 3. The first-order valence-electron chi connectivity index (χ1n) is 8.54. The van der Waals surface area contributed by atoms with Crippen molar-refractivity contribution < 1.29 is 33.7 Å². The van der Waals surface area contributed by atoms with Crippen LogP contribution in [0.4, 0.5) is 0 Å². The standard InChI is InChI=1S/C19H20O7/c1-9-15-11(16(22)19(3)8-24-19)6-18(2)14(21)5-12(26-18)10(7-20)4-13(15)25-17(9)23/h4-5,11,13,15,20H,1,6-8H2,2-3H3/b10-4-/t11-,13+,15+,18+,19-/m0/s1. The number of hydrogen-bond acceptors (Lipinski definition) is 7. The lowest BCUT2D eigenvalue weighted by molar-refractivity contribution is -0.140. The molecule has 1 N–H and O–H groups in total. The number of carbonyl (C=O) groups is 3. The van der Waals surface area contributed by atoms with E-state index >= 15 is 0 Å². The van der Waals surface area contributed by atoms with Crippen molar-refractivity contribution in [3.8, 4) is 0 Å². The number of ketones is 2. The van der Waals surface area contributed by atoms with Gasteiger partial charge < -0.3 is 19.3 Å². The molecule has 2 saturated heterocycles. The minimum Gasteiger partial charge on any atom is -0.479 e. The molecule has 26 heavy (non-hydrogen) atoms. The van der Waals surface area contributed by atoms with E-state index in [9.17, 15) is 19.5 Å². The summed E-state index contributed by atoms with van der Waals surface area (Å²) in [5.74, 6) is -2.17. The summed E-state index contributed by atoms with van der Waals surface area (Å²) < 4.78 is 16.5. The zero-order valence-electron chi connectivity index (χ0n) is 14.6. The van der Waals surface area contributed by atoms with Crippen molar-refractivity contribution in [2.75, 3.05) is 13.2 Å². The van der Waals surface area contributed by atoms with Crippen LogP contribution < -0.4 is 0 Å². The minimum absolute atomic E-state index is 0.0764. The summed E-state index contributed by atoms with van der Waals surface area (Å²) in [5.41, 5.74) is -1.64. The summed E-state index contributed by atoms with van der Waals surface area (Å²) in [5, 5.41) is 9.71. The Morgan fingerprint density at radius 2 is 2.08 bits per heavy atom. The summed E-state index contributed by atoms with van der Waals surface area (Å²) in [6.07, 6.45) is 2.20. The molecular weight excluding hydrogens is 340 g/mol. The Balaban J connectivity index is 1.85. The molecule has 138 valence electrons. The van der Waals surface area contributed by atoms with E-state index in [0.717, 1.165) is 0 Å². The number of rotatable bonds is 3. The SMILES string of the molecule is C=C1C(=O)O[C@@H]2/C=C(/CO)C3=CC(=O)[C@@](C)(C[C@H](C(=O)[C@]4(C)CO4)[C@@H]12)O3. The summed E-state index contributed by atoms with van der Waals surface area (Å²) >= 11 is 0. The van der Waals surface area contributed by atoms with Gasteiger partial charge in [-0.25, -0.2) is 4.79 Å². The van der Waals surface area contributed by atoms with E-state index in [2.05, 4.69) is 6.58 Å². The van der Waals surface area contributed by atoms with Crippen molar-refractivity contribution >= 4 is 17.5 Å². The number of esters is 1. The molecule has 0 amide bonds. The van der Waals surface area contributed by atoms with E-state index in [0.29, 0.717) is 12.2 Å². The van der Waals surface area contributed by atoms with E-state index in [1.807, 2.05) is 0 Å². The van der Waals surface area contributed by atoms with Gasteiger partial charge in [-0.1, -0.05) is 6.58 Å². The highest BCUT2D eigenvalue weighted by Crippen LogP contribution is 2.47. The third-order valence-electron chi connectivity index (χ3n) is 5.71. The highest BCUT2D eigenvalue weighted by molar-refractivity contribution is 6.01. The topological polar surface area (TPSA) is 102 Å². The summed E-state index contributed by atoms with van der Waals surface area (Å²) in [6.45, 7) is 7.03. The van der Waals surface area contributed by atoms with Gasteiger partial charge in [0.15, 0.2) is 11.4 Å². The summed E-state index contributed by atoms with van der Waals surface area (Å²) in [7, 11) is 0. The average Bonchev–Trinajstić information content (AvgIpc) is 3.18. The van der Waals surface area contributed by atoms with Gasteiger partial charge in [0, 0.05) is 35.5 Å². The zero-order valence-corrected chi connectivity index (χ0v) is 14.6. The van der Waals surface area contributed by atoms with E-state index in [-0.39, 0.29) is 35.9 Å². The molecule has 4 rings (SSSR count). The maximum absolute atomic E-state index is 13.1. The van der Waals surface area contributed by atoms with Crippen LogP contribution in [0.2, 0.25) is 0 Å². The number of epoxide rings is 1. The van der Waals surface area contributed by atoms with Gasteiger partial charge in [0.2, 0.25) is 5.78 Å². The molecule has 0 aromatic rings. The molecule has 0 saturated carbocycles. The van der Waals surface area contributed by atoms with Gasteiger partial charge in [-0.3, -0.25) is 9.59 Å². The second kappa shape index (κ2) is 5.37. The molecule has 4 heterocycles. The molecule has 0 radical (unpaired) electrons. The molecule has 7 nitrogen and oxygen atoms in total. The quantitative estimate of drug-likeness (QED) is 0.447. The number of hydrogen-bond donors (Lipinski definition) is 1. The first-order chi connectivity index (χ1) is 12.2. The molecule has 2 fully saturated rings. The zero-order chi connectivity index (χ0) is 18.9. The molecule has 4 aliphatic rings. The molecule has 5 atom stereocenters. The van der Waals surface area contributed by atoms with Crippen molar-refractivity contribution in [2.24, 2.45) is 11.8 Å². The maximum atomic E-state index is 13.1. The van der Waals surface area contributed by atoms with Crippen LogP contribution in [-0.2, 0) is 28.6 Å². The van der Waals surface area contributed by atoms with Crippen LogP contribution in [0.15, 0.2) is 35.6 Å². The Bertz CT molecular complexity index is 801. The minimum atomic E-state index is -1.25. The highest BCUT2D eigenvalue weighted by Gasteiger charge is 2.58. The first-order valence-corrected chi connectivity index (χ1v) is 8.54. The third-order valence-corrected chi connectivity index (χ3v) is 5.71. The normalized spacial score (nSPS) is 43.2. The Morgan fingerprint density at radius 3 is 2.69 bits per heavy atom. The Kier molecular flexibility index (Phi) is 3.55. The summed E-state index contributed by atoms with van der Waals surface area (Å²) in [6, 6.07) is 0. The molecule has 7 heteroatoms. The first kappa shape index (κ1) is 17.2. The van der Waals surface area contributed by atoms with Crippen molar-refractivity contribution in [1.29, 1.82) is 0 Å². The second-order valence-electron chi connectivity index (χ2n) is 7.67. The van der Waals surface area contributed by atoms with E-state index in [1.54, 1.807) is 19.9 Å². The van der Waals surface area contributed by atoms with Gasteiger partial charge >= 0.3 is 5.97 Å². The van der Waals surface area contributed by atoms with Crippen LogP contribution in [0.25, 0.3) is 0 Å². The second-order valence-corrected chi connectivity index (χ2v) is 7.67. The van der Waals surface area contributed by atoms with Gasteiger partial charge in [-0.05, 0) is 19.9 Å². The summed E-state index contributed by atoms with van der Waals surface area (Å²) in [4.78, 5) is 37.8. The van der Waals surface area contributed by atoms with E-state index < -0.39 is 35.1 Å². The maximum Gasteiger partial charge on any atom is 0.334 e. The number of fused-ring (bicyclic) bond motifs is 3. The van der Waals surface area contributed by atoms with Crippen molar-refractivity contribution in [1.82, 2.24) is 0 Å². The molecule has 0 unspecified atom stereocenters. The average molecular weight is 360 g/mol. The van der Waals surface area contributed by atoms with Crippen molar-refractivity contribution in [3.05, 3.63) is 35.6 Å². The van der Waals surface area contributed by atoms with Crippen LogP contribution in [0.3, 0.4) is 0 Å². The number of carbonyl (C=O) groups excluding carboxylic acids is 3. The third kappa shape index (κ3) is 2.38. The fraction of sp³-hybridized carbons (Fsp3) is 0.526. The lowest BCUT2D eigenvalue weighted by atomic mass is 9.72. The molecule has 4 aliphatic heterocycles. The molecule has 0 aliphatic carbocycles. The molecule has 0 spiro atoms. The number of aliphatic hydroxyl groups excluding tert-OH is 1. The predicted octanol–water partition coefficient (Wildman–Crippen LogP) is 0.623. The fourth-order valence-electron chi connectivity index (χ4n) is 3.97. The van der Waals surface area contributed by atoms with Crippen LogP contribution >= 0.6 is 0 Å². The van der Waals surface area contributed by atoms with Crippen molar-refractivity contribution in [3.63, 3.8) is 0 Å². The van der Waals surface area contributed by atoms with Crippen LogP contribution in [0.1, 0.15) is 20.3 Å². The Hall–Kier alpha value is -2.25. The lowest BCUT2D eigenvalue weighted by Crippen LogP contribution is -2.44. The van der Waals surface area contributed by atoms with Crippen LogP contribution in [-0.4, -0.2) is 53.2 Å². The molecule has 0 aromatic heterocycles. The van der Waals surface area contributed by atoms with Gasteiger partial charge in [0.05, 0.1) is 13.2 Å². The van der Waals surface area contributed by atoms with Crippen LogP contribution in [0, 0.1) is 11.8 Å². The molecule has 0 aromatic carbocycles. The Labute approximate surface area is 150 Å². The van der Waals surface area contributed by atoms with Gasteiger partial charge in [-0.2, -0.15) is 0 Å². The Morgan fingerprint density at radius 1 is 1.38 bits per heavy atom. The van der Waals surface area contributed by atoms with Gasteiger partial charge in [-0.15, -0.1) is 0 Å².